The third kappa shape index (κ3) is 3.42. The predicted octanol–water partition coefficient (Wildman–Crippen LogP) is 2.62. The van der Waals surface area contributed by atoms with Gasteiger partial charge in [-0.05, 0) is 38.0 Å². The molecular formula is C19H22O7. The van der Waals surface area contributed by atoms with Crippen molar-refractivity contribution >= 4 is 24.2 Å². The zero-order chi connectivity index (χ0) is 19.2. The number of carbonyl (C=O) groups is 3. The van der Waals surface area contributed by atoms with Crippen molar-refractivity contribution < 1.29 is 33.3 Å². The van der Waals surface area contributed by atoms with Crippen molar-refractivity contribution in [2.75, 3.05) is 26.4 Å². The summed E-state index contributed by atoms with van der Waals surface area (Å²) in [5.41, 5.74) is -0.422. The van der Waals surface area contributed by atoms with E-state index in [1.54, 1.807) is 51.1 Å². The number of hydrogen-bond donors (Lipinski definition) is 0. The zero-order valence-corrected chi connectivity index (χ0v) is 15.1. The molecule has 0 unspecified atom stereocenters. The SMILES string of the molecule is CCOC(=O)OCC1=Cc2ccccc2C1(C(=O)OCC)C(=O)OCC. The van der Waals surface area contributed by atoms with Gasteiger partial charge in [-0.2, -0.15) is 0 Å². The second-order valence-electron chi connectivity index (χ2n) is 5.42. The molecular weight excluding hydrogens is 340 g/mol. The number of benzene rings is 1. The Kier molecular flexibility index (Phi) is 6.38. The van der Waals surface area contributed by atoms with Gasteiger partial charge in [-0.15, -0.1) is 0 Å². The molecule has 0 saturated heterocycles. The molecule has 0 fully saturated rings. The molecule has 7 nitrogen and oxygen atoms in total. The number of esters is 2. The molecule has 0 N–H and O–H groups in total. The van der Waals surface area contributed by atoms with E-state index in [9.17, 15) is 14.4 Å². The Labute approximate surface area is 151 Å². The van der Waals surface area contributed by atoms with Gasteiger partial charge in [-0.3, -0.25) is 9.59 Å². The largest absolute Gasteiger partial charge is 0.508 e. The topological polar surface area (TPSA) is 88.1 Å². The number of hydrogen-bond acceptors (Lipinski definition) is 7. The van der Waals surface area contributed by atoms with Crippen molar-refractivity contribution in [3.05, 3.63) is 41.0 Å². The molecule has 0 spiro atoms. The van der Waals surface area contributed by atoms with Crippen LogP contribution in [0.5, 0.6) is 0 Å². The number of carbonyl (C=O) groups excluding carboxylic acids is 3. The van der Waals surface area contributed by atoms with Crippen LogP contribution in [0.25, 0.3) is 6.08 Å². The molecule has 2 rings (SSSR count). The van der Waals surface area contributed by atoms with E-state index in [1.807, 2.05) is 0 Å². The van der Waals surface area contributed by atoms with Gasteiger partial charge in [0.05, 0.1) is 19.8 Å². The predicted molar refractivity (Wildman–Crippen MR) is 92.3 cm³/mol. The first-order valence-corrected chi connectivity index (χ1v) is 8.46. The van der Waals surface area contributed by atoms with Gasteiger partial charge in [-0.1, -0.05) is 24.3 Å². The van der Waals surface area contributed by atoms with Crippen molar-refractivity contribution in [3.8, 4) is 0 Å². The highest BCUT2D eigenvalue weighted by Crippen LogP contribution is 2.44. The average Bonchev–Trinajstić information content (AvgIpc) is 2.95. The molecule has 0 heterocycles. The van der Waals surface area contributed by atoms with Crippen LogP contribution in [-0.4, -0.2) is 44.5 Å². The maximum absolute atomic E-state index is 12.9. The Balaban J connectivity index is 2.50. The van der Waals surface area contributed by atoms with E-state index in [0.717, 1.165) is 0 Å². The van der Waals surface area contributed by atoms with Gasteiger partial charge in [-0.25, -0.2) is 4.79 Å². The fourth-order valence-corrected chi connectivity index (χ4v) is 2.92. The molecule has 1 aliphatic rings. The third-order valence-corrected chi connectivity index (χ3v) is 3.95. The number of ether oxygens (including phenoxy) is 4. The molecule has 1 aliphatic carbocycles. The van der Waals surface area contributed by atoms with Crippen LogP contribution in [0.1, 0.15) is 31.9 Å². The third-order valence-electron chi connectivity index (χ3n) is 3.95. The first-order chi connectivity index (χ1) is 12.5. The van der Waals surface area contributed by atoms with Gasteiger partial charge in [0.25, 0.3) is 0 Å². The van der Waals surface area contributed by atoms with E-state index in [2.05, 4.69) is 0 Å². The summed E-state index contributed by atoms with van der Waals surface area (Å²) < 4.78 is 20.2. The van der Waals surface area contributed by atoms with Crippen LogP contribution >= 0.6 is 0 Å². The summed E-state index contributed by atoms with van der Waals surface area (Å²) in [6.45, 7) is 4.98. The normalized spacial score (nSPS) is 14.0. The highest BCUT2D eigenvalue weighted by Gasteiger charge is 2.57. The van der Waals surface area contributed by atoms with Crippen LogP contribution < -0.4 is 0 Å². The van der Waals surface area contributed by atoms with Crippen LogP contribution in [0.2, 0.25) is 0 Å². The van der Waals surface area contributed by atoms with E-state index < -0.39 is 23.5 Å². The lowest BCUT2D eigenvalue weighted by molar-refractivity contribution is -0.162. The van der Waals surface area contributed by atoms with Gasteiger partial charge < -0.3 is 18.9 Å². The van der Waals surface area contributed by atoms with Gasteiger partial charge in [0.15, 0.2) is 0 Å². The summed E-state index contributed by atoms with van der Waals surface area (Å²) in [6.07, 6.45) is 0.758. The second kappa shape index (κ2) is 8.51. The minimum Gasteiger partial charge on any atom is -0.465 e. The van der Waals surface area contributed by atoms with Crippen LogP contribution in [0.4, 0.5) is 4.79 Å². The lowest BCUT2D eigenvalue weighted by Crippen LogP contribution is -2.47. The van der Waals surface area contributed by atoms with Crippen LogP contribution in [-0.2, 0) is 34.0 Å². The number of fused-ring (bicyclic) bond motifs is 1. The Morgan fingerprint density at radius 2 is 1.42 bits per heavy atom. The second-order valence-corrected chi connectivity index (χ2v) is 5.42. The maximum Gasteiger partial charge on any atom is 0.508 e. The Morgan fingerprint density at radius 1 is 0.846 bits per heavy atom. The summed E-state index contributed by atoms with van der Waals surface area (Å²) in [5.74, 6) is -1.52. The van der Waals surface area contributed by atoms with Crippen LogP contribution in [0, 0.1) is 0 Å². The monoisotopic (exact) mass is 362 g/mol. The summed E-state index contributed by atoms with van der Waals surface area (Å²) >= 11 is 0. The highest BCUT2D eigenvalue weighted by molar-refractivity contribution is 6.13. The molecule has 26 heavy (non-hydrogen) atoms. The minimum absolute atomic E-state index is 0.0914. The molecule has 0 radical (unpaired) electrons. The van der Waals surface area contributed by atoms with E-state index in [-0.39, 0.29) is 32.0 Å². The van der Waals surface area contributed by atoms with E-state index >= 15 is 0 Å². The van der Waals surface area contributed by atoms with Gasteiger partial charge in [0, 0.05) is 5.57 Å². The average molecular weight is 362 g/mol. The molecule has 7 heteroatoms. The van der Waals surface area contributed by atoms with Crippen molar-refractivity contribution in [2.45, 2.75) is 26.2 Å². The van der Waals surface area contributed by atoms with Gasteiger partial charge in [0.2, 0.25) is 5.41 Å². The molecule has 1 aromatic rings. The lowest BCUT2D eigenvalue weighted by atomic mass is 9.77. The van der Waals surface area contributed by atoms with Crippen molar-refractivity contribution in [1.29, 1.82) is 0 Å². The quantitative estimate of drug-likeness (QED) is 0.418. The molecule has 0 atom stereocenters. The molecule has 0 aliphatic heterocycles. The summed E-state index contributed by atoms with van der Waals surface area (Å²) in [6, 6.07) is 6.93. The van der Waals surface area contributed by atoms with E-state index in [0.29, 0.717) is 11.1 Å². The smallest absolute Gasteiger partial charge is 0.465 e. The fraction of sp³-hybridized carbons (Fsp3) is 0.421. The Hall–Kier alpha value is -2.83. The van der Waals surface area contributed by atoms with E-state index in [4.69, 9.17) is 18.9 Å². The summed E-state index contributed by atoms with van der Waals surface area (Å²) in [7, 11) is 0. The number of rotatable bonds is 7. The summed E-state index contributed by atoms with van der Waals surface area (Å²) in [5, 5.41) is 0. The molecule has 0 amide bonds. The molecule has 1 aromatic carbocycles. The maximum atomic E-state index is 12.9. The Morgan fingerprint density at radius 3 is 2.00 bits per heavy atom. The van der Waals surface area contributed by atoms with E-state index in [1.165, 1.54) is 0 Å². The minimum atomic E-state index is -1.80. The molecule has 0 aromatic heterocycles. The van der Waals surface area contributed by atoms with Crippen molar-refractivity contribution in [3.63, 3.8) is 0 Å². The Bertz CT molecular complexity index is 702. The van der Waals surface area contributed by atoms with Crippen LogP contribution in [0.3, 0.4) is 0 Å². The van der Waals surface area contributed by atoms with Crippen molar-refractivity contribution in [1.82, 2.24) is 0 Å². The first kappa shape index (κ1) is 19.5. The lowest BCUT2D eigenvalue weighted by Gasteiger charge is -2.28. The zero-order valence-electron chi connectivity index (χ0n) is 15.1. The van der Waals surface area contributed by atoms with Crippen LogP contribution in [0.15, 0.2) is 29.8 Å². The molecule has 140 valence electrons. The highest BCUT2D eigenvalue weighted by atomic mass is 16.7. The first-order valence-electron chi connectivity index (χ1n) is 8.46. The molecule has 0 bridgehead atoms. The van der Waals surface area contributed by atoms with Gasteiger partial charge >= 0.3 is 18.1 Å². The standard InChI is InChI=1S/C19H22O7/c1-4-23-16(20)19(17(21)24-5-2)14(12-26-18(22)25-6-3)11-13-9-7-8-10-15(13)19/h7-11H,4-6,12H2,1-3H3. The van der Waals surface area contributed by atoms with Gasteiger partial charge in [0.1, 0.15) is 6.61 Å². The summed E-state index contributed by atoms with van der Waals surface area (Å²) in [4.78, 5) is 37.4. The fourth-order valence-electron chi connectivity index (χ4n) is 2.92. The molecule has 0 saturated carbocycles. The van der Waals surface area contributed by atoms with Crippen molar-refractivity contribution in [2.24, 2.45) is 0 Å².